The average Bonchev–Trinajstić information content (AvgIpc) is 3.31. The van der Waals surface area contributed by atoms with Gasteiger partial charge >= 0.3 is 0 Å². The topological polar surface area (TPSA) is 54.5 Å². The summed E-state index contributed by atoms with van der Waals surface area (Å²) in [6, 6.07) is 4.34. The molecule has 4 rings (SSSR count). The Balaban J connectivity index is 1.34. The number of unbranched alkanes of at least 4 members (excludes halogenated alkanes) is 1. The number of nitrogens with zero attached hydrogens (tertiary/aromatic N) is 2. The molecule has 1 aliphatic rings. The lowest BCUT2D eigenvalue weighted by Gasteiger charge is -2.32. The van der Waals surface area contributed by atoms with Gasteiger partial charge in [0, 0.05) is 30.6 Å². The van der Waals surface area contributed by atoms with Gasteiger partial charge in [-0.1, -0.05) is 13.3 Å². The maximum atomic E-state index is 12.4. The van der Waals surface area contributed by atoms with E-state index in [1.54, 1.807) is 22.7 Å². The summed E-state index contributed by atoms with van der Waals surface area (Å²) in [5.41, 5.74) is 1.04. The van der Waals surface area contributed by atoms with Gasteiger partial charge in [0.25, 0.3) is 5.91 Å². The van der Waals surface area contributed by atoms with Crippen molar-refractivity contribution in [3.8, 4) is 5.75 Å². The molecule has 0 atom stereocenters. The van der Waals surface area contributed by atoms with Crippen molar-refractivity contribution in [2.45, 2.75) is 45.6 Å². The molecule has 1 aromatic carbocycles. The number of thiophene rings is 1. The molecule has 7 heteroatoms. The Labute approximate surface area is 173 Å². The van der Waals surface area contributed by atoms with Crippen molar-refractivity contribution < 1.29 is 9.53 Å². The van der Waals surface area contributed by atoms with E-state index >= 15 is 0 Å². The van der Waals surface area contributed by atoms with Crippen LogP contribution in [0.5, 0.6) is 5.75 Å². The summed E-state index contributed by atoms with van der Waals surface area (Å²) in [4.78, 5) is 19.6. The van der Waals surface area contributed by atoms with Crippen LogP contribution in [-0.4, -0.2) is 48.1 Å². The molecule has 1 amide bonds. The molecule has 0 spiro atoms. The molecule has 0 bridgehead atoms. The minimum Gasteiger partial charge on any atom is -0.483 e. The van der Waals surface area contributed by atoms with Gasteiger partial charge in [-0.15, -0.1) is 22.7 Å². The number of hydrogen-bond acceptors (Lipinski definition) is 6. The van der Waals surface area contributed by atoms with Crippen LogP contribution in [0.4, 0.5) is 0 Å². The third-order valence-electron chi connectivity index (χ3n) is 5.31. The van der Waals surface area contributed by atoms with Gasteiger partial charge in [-0.3, -0.25) is 4.79 Å². The fourth-order valence-corrected chi connectivity index (χ4v) is 5.63. The molecule has 0 radical (unpaired) electrons. The summed E-state index contributed by atoms with van der Waals surface area (Å²) >= 11 is 3.33. The van der Waals surface area contributed by atoms with Crippen molar-refractivity contribution in [3.63, 3.8) is 0 Å². The third-order valence-corrected chi connectivity index (χ3v) is 7.15. The lowest BCUT2D eigenvalue weighted by Crippen LogP contribution is -2.46. The van der Waals surface area contributed by atoms with Crippen molar-refractivity contribution in [1.29, 1.82) is 0 Å². The summed E-state index contributed by atoms with van der Waals surface area (Å²) in [7, 11) is 0. The maximum Gasteiger partial charge on any atom is 0.258 e. The fraction of sp³-hybridized carbons (Fsp3) is 0.524. The van der Waals surface area contributed by atoms with Crippen molar-refractivity contribution in [3.05, 3.63) is 22.5 Å². The molecule has 28 heavy (non-hydrogen) atoms. The molecule has 1 aliphatic heterocycles. The predicted molar refractivity (Wildman–Crippen MR) is 118 cm³/mol. The number of aryl methyl sites for hydroxylation is 1. The zero-order valence-electron chi connectivity index (χ0n) is 16.5. The second kappa shape index (κ2) is 8.76. The first-order valence-corrected chi connectivity index (χ1v) is 11.8. The van der Waals surface area contributed by atoms with Gasteiger partial charge in [0.15, 0.2) is 6.61 Å². The molecule has 5 nitrogen and oxygen atoms in total. The average molecular weight is 418 g/mol. The van der Waals surface area contributed by atoms with E-state index in [1.807, 2.05) is 19.1 Å². The minimum atomic E-state index is -0.0315. The van der Waals surface area contributed by atoms with Crippen LogP contribution in [0.15, 0.2) is 17.5 Å². The Bertz CT molecular complexity index is 957. The number of hydrogen-bond donors (Lipinski definition) is 1. The van der Waals surface area contributed by atoms with Gasteiger partial charge in [0.2, 0.25) is 0 Å². The van der Waals surface area contributed by atoms with E-state index < -0.39 is 0 Å². The smallest absolute Gasteiger partial charge is 0.258 e. The fourth-order valence-electron chi connectivity index (χ4n) is 3.80. The van der Waals surface area contributed by atoms with E-state index in [9.17, 15) is 4.79 Å². The molecule has 3 aromatic rings. The van der Waals surface area contributed by atoms with Crippen LogP contribution in [0.2, 0.25) is 0 Å². The van der Waals surface area contributed by atoms with E-state index in [0.717, 1.165) is 57.0 Å². The van der Waals surface area contributed by atoms with Crippen molar-refractivity contribution in [1.82, 2.24) is 15.2 Å². The lowest BCUT2D eigenvalue weighted by molar-refractivity contribution is -0.124. The van der Waals surface area contributed by atoms with Crippen LogP contribution < -0.4 is 10.1 Å². The highest BCUT2D eigenvalue weighted by molar-refractivity contribution is 7.21. The molecule has 1 saturated heterocycles. The summed E-state index contributed by atoms with van der Waals surface area (Å²) in [6.07, 6.45) is 4.54. The molecule has 150 valence electrons. The highest BCUT2D eigenvalue weighted by Crippen LogP contribution is 2.38. The van der Waals surface area contributed by atoms with Crippen molar-refractivity contribution in [2.75, 3.05) is 26.2 Å². The first kappa shape index (κ1) is 19.6. The van der Waals surface area contributed by atoms with E-state index in [0.29, 0.717) is 0 Å². The van der Waals surface area contributed by atoms with E-state index in [4.69, 9.17) is 4.74 Å². The van der Waals surface area contributed by atoms with Gasteiger partial charge in [0.1, 0.15) is 5.75 Å². The number of benzene rings is 1. The van der Waals surface area contributed by atoms with Crippen molar-refractivity contribution in [2.24, 2.45) is 0 Å². The number of ether oxygens (including phenoxy) is 1. The van der Waals surface area contributed by atoms with Gasteiger partial charge in [-0.05, 0) is 44.2 Å². The lowest BCUT2D eigenvalue weighted by atomic mass is 10.0. The predicted octanol–water partition coefficient (Wildman–Crippen LogP) is 4.58. The maximum absolute atomic E-state index is 12.4. The minimum absolute atomic E-state index is 0.0315. The van der Waals surface area contributed by atoms with Gasteiger partial charge < -0.3 is 15.0 Å². The molecule has 0 saturated carbocycles. The number of carbonyl (C=O) groups is 1. The van der Waals surface area contributed by atoms with Crippen LogP contribution in [0, 0.1) is 6.92 Å². The standard InChI is InChI=1S/C21H27N3O2S2/c1-3-4-8-24-9-5-15(6-10-24)23-19(25)13-26-17-12-18-20(22-14(2)28-18)21-16(17)7-11-27-21/h7,11-12,15H,3-6,8-10,13H2,1-2H3,(H,23,25). The Kier molecular flexibility index (Phi) is 6.13. The van der Waals surface area contributed by atoms with E-state index in [-0.39, 0.29) is 18.6 Å². The van der Waals surface area contributed by atoms with Gasteiger partial charge in [0.05, 0.1) is 19.9 Å². The molecular weight excluding hydrogens is 390 g/mol. The van der Waals surface area contributed by atoms with Crippen LogP contribution in [0.1, 0.15) is 37.6 Å². The number of fused-ring (bicyclic) bond motifs is 3. The normalized spacial score (nSPS) is 16.1. The van der Waals surface area contributed by atoms with E-state index in [2.05, 4.69) is 27.5 Å². The largest absolute Gasteiger partial charge is 0.483 e. The molecule has 0 aliphatic carbocycles. The number of amides is 1. The summed E-state index contributed by atoms with van der Waals surface area (Å²) in [6.45, 7) is 7.63. The first-order chi connectivity index (χ1) is 13.6. The second-order valence-corrected chi connectivity index (χ2v) is 9.59. The molecular formula is C21H27N3O2S2. The Morgan fingerprint density at radius 2 is 2.21 bits per heavy atom. The van der Waals surface area contributed by atoms with Crippen LogP contribution in [-0.2, 0) is 4.79 Å². The van der Waals surface area contributed by atoms with Crippen LogP contribution in [0.25, 0.3) is 20.3 Å². The highest BCUT2D eigenvalue weighted by atomic mass is 32.1. The van der Waals surface area contributed by atoms with E-state index in [1.165, 1.54) is 19.4 Å². The molecule has 1 fully saturated rings. The summed E-state index contributed by atoms with van der Waals surface area (Å²) in [5.74, 6) is 0.743. The number of likely N-dealkylation sites (tertiary alicyclic amines) is 1. The Morgan fingerprint density at radius 3 is 3.00 bits per heavy atom. The zero-order chi connectivity index (χ0) is 19.5. The number of piperidine rings is 1. The Morgan fingerprint density at radius 1 is 1.39 bits per heavy atom. The number of thiazole rings is 1. The molecule has 3 heterocycles. The van der Waals surface area contributed by atoms with Gasteiger partial charge in [-0.2, -0.15) is 0 Å². The third kappa shape index (κ3) is 4.31. The molecule has 2 aromatic heterocycles. The van der Waals surface area contributed by atoms with Crippen LogP contribution in [0.3, 0.4) is 0 Å². The monoisotopic (exact) mass is 417 g/mol. The molecule has 1 N–H and O–H groups in total. The summed E-state index contributed by atoms with van der Waals surface area (Å²) < 4.78 is 8.18. The first-order valence-electron chi connectivity index (χ1n) is 10.1. The Hall–Kier alpha value is -1.70. The quantitative estimate of drug-likeness (QED) is 0.611. The number of rotatable bonds is 7. The number of carbonyl (C=O) groups excluding carboxylic acids is 1. The highest BCUT2D eigenvalue weighted by Gasteiger charge is 2.21. The van der Waals surface area contributed by atoms with Gasteiger partial charge in [-0.25, -0.2) is 4.98 Å². The second-order valence-electron chi connectivity index (χ2n) is 7.44. The number of aromatic nitrogens is 1. The summed E-state index contributed by atoms with van der Waals surface area (Å²) in [5, 5.41) is 7.29. The molecule has 0 unspecified atom stereocenters. The zero-order valence-corrected chi connectivity index (χ0v) is 18.1. The van der Waals surface area contributed by atoms with Crippen molar-refractivity contribution >= 4 is 48.9 Å². The number of nitrogens with one attached hydrogen (secondary N) is 1. The SMILES string of the molecule is CCCCN1CCC(NC(=O)COc2cc3sc(C)nc3c3sccc23)CC1. The van der Waals surface area contributed by atoms with Crippen LogP contribution >= 0.6 is 22.7 Å².